The Kier molecular flexibility index (Phi) is 6.76. The van der Waals surface area contributed by atoms with Gasteiger partial charge >= 0.3 is 0 Å². The minimum Gasteiger partial charge on any atom is -0.496 e. The van der Waals surface area contributed by atoms with Crippen molar-refractivity contribution in [3.63, 3.8) is 0 Å². The van der Waals surface area contributed by atoms with Gasteiger partial charge in [-0.25, -0.2) is 0 Å². The molecule has 1 aromatic carbocycles. The van der Waals surface area contributed by atoms with Crippen LogP contribution in [-0.2, 0) is 11.2 Å². The summed E-state index contributed by atoms with van der Waals surface area (Å²) in [6.45, 7) is 4.02. The predicted molar refractivity (Wildman–Crippen MR) is 75.2 cm³/mol. The Labute approximate surface area is 110 Å². The summed E-state index contributed by atoms with van der Waals surface area (Å²) in [4.78, 5) is 0. The lowest BCUT2D eigenvalue weighted by Gasteiger charge is -2.24. The number of nitrogens with one attached hydrogen (secondary N) is 1. The second-order valence-corrected chi connectivity index (χ2v) is 4.77. The number of methoxy groups -OCH3 is 2. The molecule has 0 aliphatic rings. The van der Waals surface area contributed by atoms with Gasteiger partial charge in [0.05, 0.1) is 7.11 Å². The van der Waals surface area contributed by atoms with E-state index in [0.29, 0.717) is 11.8 Å². The van der Waals surface area contributed by atoms with Crippen molar-refractivity contribution in [2.75, 3.05) is 34.4 Å². The maximum absolute atomic E-state index is 5.41. The molecule has 0 radical (unpaired) electrons. The molecule has 0 amide bonds. The van der Waals surface area contributed by atoms with E-state index in [1.54, 1.807) is 14.2 Å². The molecule has 0 saturated carbocycles. The normalized spacial score (nSPS) is 14.2. The Balaban J connectivity index is 2.75. The van der Waals surface area contributed by atoms with Gasteiger partial charge in [-0.3, -0.25) is 0 Å². The molecule has 1 rings (SSSR count). The number of ether oxygens (including phenoxy) is 2. The lowest BCUT2D eigenvalue weighted by Crippen LogP contribution is -2.28. The van der Waals surface area contributed by atoms with E-state index in [-0.39, 0.29) is 0 Å². The molecule has 0 aliphatic carbocycles. The second-order valence-electron chi connectivity index (χ2n) is 4.77. The van der Waals surface area contributed by atoms with Crippen molar-refractivity contribution in [3.05, 3.63) is 29.8 Å². The minimum absolute atomic E-state index is 0.521. The van der Waals surface area contributed by atoms with Gasteiger partial charge in [0, 0.05) is 13.7 Å². The van der Waals surface area contributed by atoms with Gasteiger partial charge in [0.15, 0.2) is 0 Å². The fraction of sp³-hybridized carbons (Fsp3) is 0.600. The Morgan fingerprint density at radius 2 is 1.94 bits per heavy atom. The molecule has 0 aliphatic heterocycles. The molecule has 0 saturated heterocycles. The second kappa shape index (κ2) is 8.11. The molecule has 2 atom stereocenters. The molecule has 3 nitrogen and oxygen atoms in total. The van der Waals surface area contributed by atoms with E-state index in [1.165, 1.54) is 5.56 Å². The third-order valence-corrected chi connectivity index (χ3v) is 3.38. The summed E-state index contributed by atoms with van der Waals surface area (Å²) >= 11 is 0. The quantitative estimate of drug-likeness (QED) is 0.769. The maximum atomic E-state index is 5.41. The van der Waals surface area contributed by atoms with Crippen LogP contribution >= 0.6 is 0 Å². The summed E-state index contributed by atoms with van der Waals surface area (Å²) in [6, 6.07) is 8.23. The average molecular weight is 251 g/mol. The summed E-state index contributed by atoms with van der Waals surface area (Å²) in [5, 5.41) is 3.27. The van der Waals surface area contributed by atoms with Gasteiger partial charge in [-0.2, -0.15) is 0 Å². The van der Waals surface area contributed by atoms with Crippen LogP contribution in [0.3, 0.4) is 0 Å². The van der Waals surface area contributed by atoms with Crippen LogP contribution in [0.15, 0.2) is 24.3 Å². The van der Waals surface area contributed by atoms with Crippen LogP contribution in [0, 0.1) is 11.8 Å². The number of para-hydroxylation sites is 1. The first-order chi connectivity index (χ1) is 8.72. The summed E-state index contributed by atoms with van der Waals surface area (Å²) in [6.07, 6.45) is 1.01. The SMILES string of the molecule is CNCC(Cc1ccccc1OC)C(C)COC. The molecule has 18 heavy (non-hydrogen) atoms. The molecule has 0 spiro atoms. The number of hydrogen-bond donors (Lipinski definition) is 1. The van der Waals surface area contributed by atoms with Crippen molar-refractivity contribution in [1.29, 1.82) is 0 Å². The third-order valence-electron chi connectivity index (χ3n) is 3.38. The molecule has 3 heteroatoms. The maximum Gasteiger partial charge on any atom is 0.122 e. The van der Waals surface area contributed by atoms with Gasteiger partial charge in [-0.15, -0.1) is 0 Å². The zero-order valence-electron chi connectivity index (χ0n) is 11.9. The van der Waals surface area contributed by atoms with Gasteiger partial charge in [0.25, 0.3) is 0 Å². The molecule has 0 fully saturated rings. The Morgan fingerprint density at radius 1 is 1.22 bits per heavy atom. The fourth-order valence-electron chi connectivity index (χ4n) is 2.29. The molecule has 0 bridgehead atoms. The van der Waals surface area contributed by atoms with Crippen LogP contribution in [-0.4, -0.2) is 34.4 Å². The van der Waals surface area contributed by atoms with Crippen LogP contribution in [0.25, 0.3) is 0 Å². The van der Waals surface area contributed by atoms with Crippen LogP contribution < -0.4 is 10.1 Å². The van der Waals surface area contributed by atoms with Crippen molar-refractivity contribution in [2.24, 2.45) is 11.8 Å². The minimum atomic E-state index is 0.521. The fourth-order valence-corrected chi connectivity index (χ4v) is 2.29. The van der Waals surface area contributed by atoms with Crippen LogP contribution in [0.1, 0.15) is 12.5 Å². The number of benzene rings is 1. The van der Waals surface area contributed by atoms with Crippen LogP contribution in [0.2, 0.25) is 0 Å². The molecule has 1 aromatic rings. The molecule has 1 N–H and O–H groups in total. The highest BCUT2D eigenvalue weighted by Gasteiger charge is 2.18. The van der Waals surface area contributed by atoms with Crippen molar-refractivity contribution in [2.45, 2.75) is 13.3 Å². The average Bonchev–Trinajstić information content (AvgIpc) is 2.39. The van der Waals surface area contributed by atoms with Crippen molar-refractivity contribution in [1.82, 2.24) is 5.32 Å². The topological polar surface area (TPSA) is 30.5 Å². The highest BCUT2D eigenvalue weighted by molar-refractivity contribution is 5.33. The van der Waals surface area contributed by atoms with Crippen LogP contribution in [0.5, 0.6) is 5.75 Å². The van der Waals surface area contributed by atoms with Crippen molar-refractivity contribution < 1.29 is 9.47 Å². The van der Waals surface area contributed by atoms with E-state index in [0.717, 1.165) is 25.3 Å². The summed E-state index contributed by atoms with van der Waals surface area (Å²) in [5.41, 5.74) is 1.27. The molecule has 0 heterocycles. The van der Waals surface area contributed by atoms with Crippen molar-refractivity contribution >= 4 is 0 Å². The van der Waals surface area contributed by atoms with E-state index in [9.17, 15) is 0 Å². The number of rotatable bonds is 8. The monoisotopic (exact) mass is 251 g/mol. The van der Waals surface area contributed by atoms with Gasteiger partial charge in [0.1, 0.15) is 5.75 Å². The predicted octanol–water partition coefficient (Wildman–Crippen LogP) is 2.36. The zero-order valence-corrected chi connectivity index (χ0v) is 11.9. The standard InChI is InChI=1S/C15H25NO2/c1-12(11-17-3)14(10-16-2)9-13-7-5-6-8-15(13)18-4/h5-8,12,14,16H,9-11H2,1-4H3. The molecule has 2 unspecified atom stereocenters. The highest BCUT2D eigenvalue weighted by Crippen LogP contribution is 2.24. The summed E-state index contributed by atoms with van der Waals surface area (Å²) < 4.78 is 10.7. The first-order valence-corrected chi connectivity index (χ1v) is 6.48. The first-order valence-electron chi connectivity index (χ1n) is 6.48. The molecule has 0 aromatic heterocycles. The van der Waals surface area contributed by atoms with Gasteiger partial charge < -0.3 is 14.8 Å². The smallest absolute Gasteiger partial charge is 0.122 e. The lowest BCUT2D eigenvalue weighted by atomic mass is 9.88. The highest BCUT2D eigenvalue weighted by atomic mass is 16.5. The zero-order chi connectivity index (χ0) is 13.4. The lowest BCUT2D eigenvalue weighted by molar-refractivity contribution is 0.128. The van der Waals surface area contributed by atoms with Gasteiger partial charge in [-0.05, 0) is 43.5 Å². The van der Waals surface area contributed by atoms with Gasteiger partial charge in [0.2, 0.25) is 0 Å². The third kappa shape index (κ3) is 4.31. The van der Waals surface area contributed by atoms with E-state index < -0.39 is 0 Å². The Hall–Kier alpha value is -1.06. The number of hydrogen-bond acceptors (Lipinski definition) is 3. The Bertz CT molecular complexity index is 341. The van der Waals surface area contributed by atoms with E-state index in [2.05, 4.69) is 24.4 Å². The first kappa shape index (κ1) is 15.0. The summed E-state index contributed by atoms with van der Waals surface area (Å²) in [5.74, 6) is 2.04. The van der Waals surface area contributed by atoms with E-state index in [1.807, 2.05) is 19.2 Å². The molecule has 102 valence electrons. The van der Waals surface area contributed by atoms with Gasteiger partial charge in [-0.1, -0.05) is 25.1 Å². The molecular weight excluding hydrogens is 226 g/mol. The van der Waals surface area contributed by atoms with Crippen molar-refractivity contribution in [3.8, 4) is 5.75 Å². The summed E-state index contributed by atoms with van der Waals surface area (Å²) in [7, 11) is 5.48. The largest absolute Gasteiger partial charge is 0.496 e. The van der Waals surface area contributed by atoms with E-state index in [4.69, 9.17) is 9.47 Å². The van der Waals surface area contributed by atoms with E-state index >= 15 is 0 Å². The Morgan fingerprint density at radius 3 is 2.56 bits per heavy atom. The molecular formula is C15H25NO2. The van der Waals surface area contributed by atoms with Crippen LogP contribution in [0.4, 0.5) is 0 Å².